The Morgan fingerprint density at radius 2 is 1.19 bits per heavy atom. The summed E-state index contributed by atoms with van der Waals surface area (Å²) in [4.78, 5) is 45.7. The Morgan fingerprint density at radius 1 is 0.694 bits per heavy atom. The van der Waals surface area contributed by atoms with Gasteiger partial charge in [0.15, 0.2) is 0 Å². The van der Waals surface area contributed by atoms with E-state index in [0.717, 1.165) is 19.3 Å². The number of ether oxygens (including phenoxy) is 4. The molecule has 0 aromatic carbocycles. The van der Waals surface area contributed by atoms with Crippen molar-refractivity contribution in [3.63, 3.8) is 0 Å². The second-order valence-corrected chi connectivity index (χ2v) is 7.81. The molecule has 0 fully saturated rings. The van der Waals surface area contributed by atoms with E-state index >= 15 is 0 Å². The highest BCUT2D eigenvalue weighted by molar-refractivity contribution is 5.78. The largest absolute Gasteiger partial charge is 0.480 e. The normalized spacial score (nSPS) is 11.6. The van der Waals surface area contributed by atoms with Crippen molar-refractivity contribution < 1.29 is 43.2 Å². The van der Waals surface area contributed by atoms with Crippen molar-refractivity contribution in [2.45, 2.75) is 45.1 Å². The molecule has 13 nitrogen and oxygen atoms in total. The van der Waals surface area contributed by atoms with Gasteiger partial charge in [0.1, 0.15) is 19.3 Å². The number of amides is 3. The zero-order chi connectivity index (χ0) is 26.9. The summed E-state index contributed by atoms with van der Waals surface area (Å²) < 4.78 is 21.1. The molecule has 13 heteroatoms. The van der Waals surface area contributed by atoms with Gasteiger partial charge in [0.05, 0.1) is 39.6 Å². The van der Waals surface area contributed by atoms with Crippen LogP contribution < -0.4 is 21.3 Å². The van der Waals surface area contributed by atoms with Crippen LogP contribution in [0.1, 0.15) is 39.0 Å². The molecule has 210 valence electrons. The van der Waals surface area contributed by atoms with Gasteiger partial charge in [-0.3, -0.25) is 19.2 Å². The number of hydrogen-bond acceptors (Lipinski definition) is 9. The maximum Gasteiger partial charge on any atom is 0.320 e. The summed E-state index contributed by atoms with van der Waals surface area (Å²) in [6.07, 6.45) is 3.47. The zero-order valence-electron chi connectivity index (χ0n) is 21.6. The van der Waals surface area contributed by atoms with Gasteiger partial charge in [0.2, 0.25) is 17.7 Å². The average Bonchev–Trinajstić information content (AvgIpc) is 2.85. The molecule has 0 spiro atoms. The predicted octanol–water partition coefficient (Wildman–Crippen LogP) is -0.956. The molecule has 0 aliphatic carbocycles. The number of carbonyl (C=O) groups excluding carboxylic acids is 3. The molecule has 1 unspecified atom stereocenters. The summed E-state index contributed by atoms with van der Waals surface area (Å²) in [6, 6.07) is -0.751. The van der Waals surface area contributed by atoms with Crippen LogP contribution >= 0.6 is 0 Å². The minimum Gasteiger partial charge on any atom is -0.480 e. The summed E-state index contributed by atoms with van der Waals surface area (Å²) in [5.74, 6) is -1.65. The molecule has 0 saturated heterocycles. The number of likely N-dealkylation sites (N-methyl/N-ethyl adjacent to an activating group) is 1. The number of carboxylic acid groups (broad SMARTS) is 1. The van der Waals surface area contributed by atoms with Crippen molar-refractivity contribution in [3.8, 4) is 0 Å². The van der Waals surface area contributed by atoms with Crippen LogP contribution in [0, 0.1) is 0 Å². The number of unbranched alkanes of at least 4 members (excludes halogenated alkanes) is 2. The summed E-state index contributed by atoms with van der Waals surface area (Å²) in [5.41, 5.74) is 0. The van der Waals surface area contributed by atoms with Crippen molar-refractivity contribution in [1.29, 1.82) is 0 Å². The van der Waals surface area contributed by atoms with E-state index in [1.807, 2.05) is 0 Å². The van der Waals surface area contributed by atoms with Gasteiger partial charge < -0.3 is 45.3 Å². The number of carbonyl (C=O) groups is 4. The quantitative estimate of drug-likeness (QED) is 0.0944. The molecule has 0 aliphatic rings. The van der Waals surface area contributed by atoms with Gasteiger partial charge in [0, 0.05) is 26.1 Å². The van der Waals surface area contributed by atoms with E-state index in [1.165, 1.54) is 7.05 Å². The average molecular weight is 521 g/mol. The zero-order valence-corrected chi connectivity index (χ0v) is 21.6. The van der Waals surface area contributed by atoms with E-state index in [1.54, 1.807) is 0 Å². The van der Waals surface area contributed by atoms with Gasteiger partial charge in [-0.05, 0) is 19.9 Å². The standard InChI is InChI=1S/C23H44N4O9/c1-3-4-5-8-25-21(29)17-35-15-14-34-12-10-27-22(30)18-36-16-13-33-11-9-26-20(28)7-6-19(24-2)23(31)32/h19,24H,3-18H2,1-2H3,(H,25,29)(H,26,28)(H,27,30)(H,31,32). The Kier molecular flexibility index (Phi) is 22.8. The smallest absolute Gasteiger partial charge is 0.320 e. The van der Waals surface area contributed by atoms with Gasteiger partial charge in [-0.1, -0.05) is 19.8 Å². The minimum absolute atomic E-state index is 0.00779. The molecule has 0 bridgehead atoms. The molecule has 1 atom stereocenters. The SMILES string of the molecule is CCCCCNC(=O)COCCOCCNC(=O)COCCOCCNC(=O)CCC(NC)C(=O)O. The van der Waals surface area contributed by atoms with Gasteiger partial charge in [0.25, 0.3) is 0 Å². The Balaban J connectivity index is 3.41. The lowest BCUT2D eigenvalue weighted by Crippen LogP contribution is -2.36. The molecule has 36 heavy (non-hydrogen) atoms. The first-order valence-electron chi connectivity index (χ1n) is 12.4. The highest BCUT2D eigenvalue weighted by Gasteiger charge is 2.15. The fourth-order valence-electron chi connectivity index (χ4n) is 2.75. The number of nitrogens with one attached hydrogen (secondary N) is 4. The van der Waals surface area contributed by atoms with Crippen molar-refractivity contribution in [3.05, 3.63) is 0 Å². The number of rotatable bonds is 25. The Labute approximate surface area is 213 Å². The Morgan fingerprint density at radius 3 is 1.69 bits per heavy atom. The van der Waals surface area contributed by atoms with E-state index in [4.69, 9.17) is 24.1 Å². The molecule has 0 aromatic heterocycles. The van der Waals surface area contributed by atoms with Crippen LogP contribution in [0.4, 0.5) is 0 Å². The molecule has 5 N–H and O–H groups in total. The molecule has 0 heterocycles. The van der Waals surface area contributed by atoms with E-state index in [9.17, 15) is 19.2 Å². The first-order valence-corrected chi connectivity index (χ1v) is 12.4. The van der Waals surface area contributed by atoms with Crippen molar-refractivity contribution >= 4 is 23.7 Å². The van der Waals surface area contributed by atoms with Gasteiger partial charge in [-0.2, -0.15) is 0 Å². The molecule has 3 amide bonds. The molecule has 0 saturated carbocycles. The third kappa shape index (κ3) is 22.2. The number of hydrogen-bond donors (Lipinski definition) is 5. The second kappa shape index (κ2) is 24.4. The Hall–Kier alpha value is -2.32. The first kappa shape index (κ1) is 33.7. The third-order valence-electron chi connectivity index (χ3n) is 4.76. The highest BCUT2D eigenvalue weighted by Crippen LogP contribution is 1.97. The Bertz CT molecular complexity index is 608. The highest BCUT2D eigenvalue weighted by atomic mass is 16.5. The fourth-order valence-corrected chi connectivity index (χ4v) is 2.75. The molecule has 0 aliphatic heterocycles. The molecule has 0 aromatic rings. The number of aliphatic carboxylic acids is 1. The third-order valence-corrected chi connectivity index (χ3v) is 4.76. The summed E-state index contributed by atoms with van der Waals surface area (Å²) in [6.45, 7) is 5.02. The maximum atomic E-state index is 11.7. The summed E-state index contributed by atoms with van der Waals surface area (Å²) in [5, 5.41) is 19.6. The fraction of sp³-hybridized carbons (Fsp3) is 0.826. The van der Waals surface area contributed by atoms with E-state index < -0.39 is 12.0 Å². The van der Waals surface area contributed by atoms with Crippen molar-refractivity contribution in [2.75, 3.05) is 79.5 Å². The minimum atomic E-state index is -0.993. The lowest BCUT2D eigenvalue weighted by atomic mass is 10.1. The van der Waals surface area contributed by atoms with Crippen molar-refractivity contribution in [2.24, 2.45) is 0 Å². The van der Waals surface area contributed by atoms with Gasteiger partial charge >= 0.3 is 5.97 Å². The van der Waals surface area contributed by atoms with Crippen LogP contribution in [-0.2, 0) is 38.1 Å². The monoisotopic (exact) mass is 520 g/mol. The van der Waals surface area contributed by atoms with Gasteiger partial charge in [-0.15, -0.1) is 0 Å². The lowest BCUT2D eigenvalue weighted by molar-refractivity contribution is -0.139. The topological polar surface area (TPSA) is 174 Å². The first-order chi connectivity index (χ1) is 17.4. The van der Waals surface area contributed by atoms with Crippen LogP contribution in [0.2, 0.25) is 0 Å². The summed E-state index contributed by atoms with van der Waals surface area (Å²) >= 11 is 0. The number of carboxylic acids is 1. The van der Waals surface area contributed by atoms with Crippen LogP contribution in [0.5, 0.6) is 0 Å². The lowest BCUT2D eigenvalue weighted by Gasteiger charge is -2.11. The van der Waals surface area contributed by atoms with Gasteiger partial charge in [-0.25, -0.2) is 0 Å². The molecular formula is C23H44N4O9. The second-order valence-electron chi connectivity index (χ2n) is 7.81. The van der Waals surface area contributed by atoms with Crippen molar-refractivity contribution in [1.82, 2.24) is 21.3 Å². The molecular weight excluding hydrogens is 476 g/mol. The van der Waals surface area contributed by atoms with E-state index in [2.05, 4.69) is 28.2 Å². The van der Waals surface area contributed by atoms with Crippen LogP contribution in [0.3, 0.4) is 0 Å². The molecule has 0 rings (SSSR count). The van der Waals surface area contributed by atoms with Crippen LogP contribution in [0.25, 0.3) is 0 Å². The van der Waals surface area contributed by atoms with E-state index in [-0.39, 0.29) is 63.6 Å². The predicted molar refractivity (Wildman–Crippen MR) is 132 cm³/mol. The van der Waals surface area contributed by atoms with E-state index in [0.29, 0.717) is 39.5 Å². The van der Waals surface area contributed by atoms with Crippen LogP contribution in [0.15, 0.2) is 0 Å². The summed E-state index contributed by atoms with van der Waals surface area (Å²) in [7, 11) is 1.53. The van der Waals surface area contributed by atoms with Crippen LogP contribution in [-0.4, -0.2) is 114 Å². The molecule has 0 radical (unpaired) electrons. The maximum absolute atomic E-state index is 11.7.